The van der Waals surface area contributed by atoms with Gasteiger partial charge in [-0.15, -0.1) is 0 Å². The number of carbonyl (C=O) groups excluding carboxylic acids is 1. The van der Waals surface area contributed by atoms with E-state index in [1.54, 1.807) is 12.1 Å². The molecule has 2 heterocycles. The van der Waals surface area contributed by atoms with Crippen molar-refractivity contribution in [3.63, 3.8) is 0 Å². The zero-order valence-corrected chi connectivity index (χ0v) is 16.4. The molecule has 30 heavy (non-hydrogen) atoms. The van der Waals surface area contributed by atoms with Crippen molar-refractivity contribution in [2.45, 2.75) is 19.6 Å². The summed E-state index contributed by atoms with van der Waals surface area (Å²) in [6.45, 7) is 1.80. The lowest BCUT2D eigenvalue weighted by atomic mass is 10.1. The van der Waals surface area contributed by atoms with Crippen LogP contribution in [0.15, 0.2) is 53.3 Å². The molecule has 0 aliphatic carbocycles. The number of benzene rings is 1. The number of nitrogens with one attached hydrogen (secondary N) is 3. The molecule has 156 valence electrons. The lowest BCUT2D eigenvalue weighted by Crippen LogP contribution is -2.16. The van der Waals surface area contributed by atoms with Crippen molar-refractivity contribution in [1.82, 2.24) is 4.98 Å². The summed E-state index contributed by atoms with van der Waals surface area (Å²) in [5.74, 6) is 0.285. The molecule has 0 aliphatic rings. The van der Waals surface area contributed by atoms with Crippen molar-refractivity contribution in [1.29, 1.82) is 5.41 Å². The van der Waals surface area contributed by atoms with Gasteiger partial charge in [0.2, 0.25) is 0 Å². The highest BCUT2D eigenvalue weighted by atomic mass is 35.5. The molecule has 10 heteroatoms. The first kappa shape index (κ1) is 21.4. The van der Waals surface area contributed by atoms with Crippen molar-refractivity contribution >= 4 is 34.7 Å². The smallest absolute Gasteiger partial charge is 0.416 e. The number of nitrogens with zero attached hydrogens (tertiary/aromatic N) is 1. The van der Waals surface area contributed by atoms with Crippen LogP contribution in [0, 0.1) is 5.41 Å². The van der Waals surface area contributed by atoms with E-state index in [0.29, 0.717) is 18.1 Å². The number of halogens is 4. The maximum Gasteiger partial charge on any atom is 0.416 e. The van der Waals surface area contributed by atoms with E-state index in [1.165, 1.54) is 19.4 Å². The van der Waals surface area contributed by atoms with Crippen molar-refractivity contribution < 1.29 is 22.4 Å². The zero-order valence-electron chi connectivity index (χ0n) is 15.6. The summed E-state index contributed by atoms with van der Waals surface area (Å²) in [6, 6.07) is 7.51. The van der Waals surface area contributed by atoms with E-state index in [0.717, 1.165) is 24.3 Å². The molecule has 0 spiro atoms. The maximum atomic E-state index is 12.7. The molecular weight excluding hydrogens is 421 g/mol. The molecule has 1 amide bonds. The molecule has 3 aromatic rings. The number of furan rings is 1. The maximum absolute atomic E-state index is 12.7. The Hall–Kier alpha value is -3.33. The Kier molecular flexibility index (Phi) is 6.12. The number of anilines is 2. The van der Waals surface area contributed by atoms with Gasteiger partial charge in [-0.3, -0.25) is 4.79 Å². The van der Waals surface area contributed by atoms with Crippen LogP contribution in [0.3, 0.4) is 0 Å². The second kappa shape index (κ2) is 8.58. The van der Waals surface area contributed by atoms with Crippen LogP contribution in [-0.4, -0.2) is 16.6 Å². The molecule has 6 nitrogen and oxygen atoms in total. The van der Waals surface area contributed by atoms with Crippen LogP contribution in [-0.2, 0) is 12.7 Å². The molecule has 1 aromatic carbocycles. The van der Waals surface area contributed by atoms with E-state index in [1.807, 2.05) is 0 Å². The van der Waals surface area contributed by atoms with Crippen molar-refractivity contribution in [2.24, 2.45) is 0 Å². The van der Waals surface area contributed by atoms with Gasteiger partial charge in [-0.1, -0.05) is 11.6 Å². The molecule has 3 N–H and O–H groups in total. The predicted octanol–water partition coefficient (Wildman–Crippen LogP) is 5.60. The summed E-state index contributed by atoms with van der Waals surface area (Å²) in [5.41, 5.74) is -0.352. The SMILES string of the molecule is CC(=N)c1c(NCc2ccco2)ncc(C(=O)Nc2ccc(C(F)(F)F)cc2)c1Cl. The summed E-state index contributed by atoms with van der Waals surface area (Å²) in [4.78, 5) is 16.8. The topological polar surface area (TPSA) is 91.0 Å². The van der Waals surface area contributed by atoms with E-state index in [-0.39, 0.29) is 27.5 Å². The Balaban J connectivity index is 1.82. The first-order valence-corrected chi connectivity index (χ1v) is 9.03. The Morgan fingerprint density at radius 3 is 2.50 bits per heavy atom. The zero-order chi connectivity index (χ0) is 21.9. The molecule has 0 aliphatic heterocycles. The van der Waals surface area contributed by atoms with Crippen LogP contribution >= 0.6 is 11.6 Å². The van der Waals surface area contributed by atoms with E-state index < -0.39 is 17.6 Å². The lowest BCUT2D eigenvalue weighted by molar-refractivity contribution is -0.137. The third kappa shape index (κ3) is 4.80. The van der Waals surface area contributed by atoms with E-state index >= 15 is 0 Å². The molecule has 0 unspecified atom stereocenters. The summed E-state index contributed by atoms with van der Waals surface area (Å²) >= 11 is 6.36. The third-order valence-electron chi connectivity index (χ3n) is 4.12. The number of hydrogen-bond donors (Lipinski definition) is 3. The minimum Gasteiger partial charge on any atom is -0.467 e. The van der Waals surface area contributed by atoms with Gasteiger partial charge in [-0.05, 0) is 43.3 Å². The number of amides is 1. The van der Waals surface area contributed by atoms with Crippen LogP contribution in [0.4, 0.5) is 24.7 Å². The third-order valence-corrected chi connectivity index (χ3v) is 4.51. The minimum atomic E-state index is -4.47. The Morgan fingerprint density at radius 1 is 1.23 bits per heavy atom. The number of carbonyl (C=O) groups is 1. The van der Waals surface area contributed by atoms with Crippen molar-refractivity contribution in [3.8, 4) is 0 Å². The molecule has 0 atom stereocenters. The molecule has 3 rings (SSSR count). The molecule has 2 aromatic heterocycles. The van der Waals surface area contributed by atoms with Gasteiger partial charge in [0.05, 0.1) is 34.5 Å². The molecule has 0 radical (unpaired) electrons. The average molecular weight is 437 g/mol. The predicted molar refractivity (Wildman–Crippen MR) is 107 cm³/mol. The van der Waals surface area contributed by atoms with Crippen LogP contribution < -0.4 is 10.6 Å². The van der Waals surface area contributed by atoms with E-state index in [9.17, 15) is 18.0 Å². The fourth-order valence-electron chi connectivity index (χ4n) is 2.65. The number of pyridine rings is 1. The molecule has 0 bridgehead atoms. The highest BCUT2D eigenvalue weighted by molar-refractivity contribution is 6.38. The van der Waals surface area contributed by atoms with Gasteiger partial charge in [0.15, 0.2) is 0 Å². The highest BCUT2D eigenvalue weighted by Crippen LogP contribution is 2.31. The average Bonchev–Trinajstić information content (AvgIpc) is 3.19. The number of aromatic nitrogens is 1. The van der Waals surface area contributed by atoms with Gasteiger partial charge >= 0.3 is 6.18 Å². The Morgan fingerprint density at radius 2 is 1.93 bits per heavy atom. The van der Waals surface area contributed by atoms with E-state index in [4.69, 9.17) is 21.4 Å². The molecule has 0 saturated heterocycles. The number of rotatable bonds is 6. The molecule has 0 fully saturated rings. The van der Waals surface area contributed by atoms with Crippen LogP contribution in [0.5, 0.6) is 0 Å². The largest absolute Gasteiger partial charge is 0.467 e. The van der Waals surface area contributed by atoms with Gasteiger partial charge in [-0.2, -0.15) is 13.2 Å². The highest BCUT2D eigenvalue weighted by Gasteiger charge is 2.30. The fourth-order valence-corrected chi connectivity index (χ4v) is 3.01. The second-order valence-corrected chi connectivity index (χ2v) is 6.67. The Bertz CT molecular complexity index is 1060. The monoisotopic (exact) mass is 436 g/mol. The normalized spacial score (nSPS) is 11.2. The molecule has 0 saturated carbocycles. The fraction of sp³-hybridized carbons (Fsp3) is 0.150. The minimum absolute atomic E-state index is 0.00357. The first-order chi connectivity index (χ1) is 14.2. The molecular formula is C20H16ClF3N4O2. The number of alkyl halides is 3. The van der Waals surface area contributed by atoms with Crippen molar-refractivity contribution in [3.05, 3.63) is 76.3 Å². The standard InChI is InChI=1S/C20H16ClF3N4O2/c1-11(25)16-17(21)15(10-27-18(16)26-9-14-3-2-8-30-14)19(29)28-13-6-4-12(5-7-13)20(22,23)24/h2-8,10,25H,9H2,1H3,(H,26,27)(H,28,29). The van der Waals surface area contributed by atoms with Crippen LogP contribution in [0.1, 0.15) is 34.2 Å². The van der Waals surface area contributed by atoms with E-state index in [2.05, 4.69) is 15.6 Å². The lowest BCUT2D eigenvalue weighted by Gasteiger charge is -2.14. The van der Waals surface area contributed by atoms with Gasteiger partial charge < -0.3 is 20.5 Å². The van der Waals surface area contributed by atoms with Gasteiger partial charge in [0, 0.05) is 17.6 Å². The van der Waals surface area contributed by atoms with Gasteiger partial charge in [0.25, 0.3) is 5.91 Å². The first-order valence-electron chi connectivity index (χ1n) is 8.65. The van der Waals surface area contributed by atoms with Crippen LogP contribution in [0.2, 0.25) is 5.02 Å². The van der Waals surface area contributed by atoms with Crippen LogP contribution in [0.25, 0.3) is 0 Å². The van der Waals surface area contributed by atoms with Crippen molar-refractivity contribution in [2.75, 3.05) is 10.6 Å². The summed E-state index contributed by atoms with van der Waals surface area (Å²) in [7, 11) is 0. The quantitative estimate of drug-likeness (QED) is 0.439. The second-order valence-electron chi connectivity index (χ2n) is 6.30. The summed E-state index contributed by atoms with van der Waals surface area (Å²) in [6.07, 6.45) is -1.71. The number of hydrogen-bond acceptors (Lipinski definition) is 5. The summed E-state index contributed by atoms with van der Waals surface area (Å²) in [5, 5.41) is 13.5. The van der Waals surface area contributed by atoms with Gasteiger partial charge in [-0.25, -0.2) is 4.98 Å². The Labute approximate surface area is 174 Å². The summed E-state index contributed by atoms with van der Waals surface area (Å²) < 4.78 is 43.2. The van der Waals surface area contributed by atoms with Gasteiger partial charge in [0.1, 0.15) is 11.6 Å².